The molecule has 0 amide bonds. The fourth-order valence-corrected chi connectivity index (χ4v) is 5.15. The number of thioether (sulfide) groups is 1. The van der Waals surface area contributed by atoms with E-state index in [4.69, 9.17) is 5.11 Å². The van der Waals surface area contributed by atoms with Gasteiger partial charge in [-0.05, 0) is 80.6 Å². The number of anilines is 1. The van der Waals surface area contributed by atoms with Crippen molar-refractivity contribution < 1.29 is 9.90 Å². The molecule has 2 heterocycles. The number of piperidine rings is 1. The van der Waals surface area contributed by atoms with E-state index in [2.05, 4.69) is 46.9 Å². The molecule has 0 aromatic heterocycles. The average molecular weight is 448 g/mol. The third-order valence-electron chi connectivity index (χ3n) is 6.04. The Kier molecular flexibility index (Phi) is 7.12. The summed E-state index contributed by atoms with van der Waals surface area (Å²) in [5, 5.41) is 12.5. The molecule has 2 aromatic rings. The normalized spacial score (nSPS) is 17.3. The Morgan fingerprint density at radius 2 is 1.94 bits per heavy atom. The molecule has 166 valence electrons. The van der Waals surface area contributed by atoms with E-state index in [0.29, 0.717) is 11.5 Å². The van der Waals surface area contributed by atoms with E-state index in [1.807, 2.05) is 12.1 Å². The first-order valence-corrected chi connectivity index (χ1v) is 11.8. The van der Waals surface area contributed by atoms with Crippen LogP contribution in [0.1, 0.15) is 41.3 Å². The highest BCUT2D eigenvalue weighted by Crippen LogP contribution is 2.40. The van der Waals surface area contributed by atoms with Crippen molar-refractivity contribution >= 4 is 29.6 Å². The van der Waals surface area contributed by atoms with Gasteiger partial charge in [0.05, 0.1) is 11.3 Å². The molecule has 0 saturated carbocycles. The Morgan fingerprint density at radius 1 is 1.22 bits per heavy atom. The summed E-state index contributed by atoms with van der Waals surface area (Å²) in [4.78, 5) is 20.4. The number of carbonyl (C=O) groups is 1. The van der Waals surface area contributed by atoms with Crippen LogP contribution < -0.4 is 5.32 Å². The van der Waals surface area contributed by atoms with Crippen molar-refractivity contribution in [1.82, 2.24) is 4.90 Å². The summed E-state index contributed by atoms with van der Waals surface area (Å²) in [6, 6.07) is 14.0. The lowest BCUT2D eigenvalue weighted by Gasteiger charge is -2.32. The van der Waals surface area contributed by atoms with E-state index in [9.17, 15) is 4.79 Å². The lowest BCUT2D eigenvalue weighted by Crippen LogP contribution is -2.33. The van der Waals surface area contributed by atoms with Gasteiger partial charge in [-0.15, -0.1) is 0 Å². The third kappa shape index (κ3) is 5.50. The number of likely N-dealkylation sites (tertiary alicyclic amines) is 1. The number of hydrogen-bond acceptors (Lipinski definition) is 5. The molecule has 0 bridgehead atoms. The highest BCUT2D eigenvalue weighted by molar-refractivity contribution is 8.03. The number of nitrogens with one attached hydrogen (secondary N) is 1. The predicted molar refractivity (Wildman–Crippen MR) is 132 cm³/mol. The molecule has 2 aromatic carbocycles. The number of allylic oxidation sites excluding steroid dienone is 2. The Morgan fingerprint density at radius 3 is 2.62 bits per heavy atom. The van der Waals surface area contributed by atoms with Crippen LogP contribution in [0.15, 0.2) is 75.7 Å². The largest absolute Gasteiger partial charge is 0.478 e. The number of nitrogens with zero attached hydrogens (tertiary/aromatic N) is 2. The van der Waals surface area contributed by atoms with E-state index < -0.39 is 5.97 Å². The van der Waals surface area contributed by atoms with Crippen molar-refractivity contribution in [1.29, 1.82) is 0 Å². The zero-order valence-electron chi connectivity index (χ0n) is 18.4. The number of aromatic carboxylic acids is 1. The lowest BCUT2D eigenvalue weighted by atomic mass is 9.89. The van der Waals surface area contributed by atoms with Crippen LogP contribution in [0.25, 0.3) is 0 Å². The minimum Gasteiger partial charge on any atom is -0.478 e. The van der Waals surface area contributed by atoms with Gasteiger partial charge in [-0.3, -0.25) is 4.90 Å². The molecule has 2 aliphatic heterocycles. The molecule has 0 unspecified atom stereocenters. The van der Waals surface area contributed by atoms with Crippen LogP contribution in [0, 0.1) is 5.92 Å². The standard InChI is InChI=1S/C26H29N3O2S/c1-3-12-27-25-18(2)32-24-9-6-21(16-23(24)28-25)17-29-13-10-20(11-14-29)15-19-4-7-22(8-5-19)26(30)31/h3-9,12,16,20,28H,1,10-11,13-15,17H2,2H3,(H,30,31)/b27-12-. The third-order valence-corrected chi connectivity index (χ3v) is 7.12. The van der Waals surface area contributed by atoms with Gasteiger partial charge in [0.25, 0.3) is 0 Å². The maximum Gasteiger partial charge on any atom is 0.335 e. The zero-order valence-corrected chi connectivity index (χ0v) is 19.2. The molecule has 5 nitrogen and oxygen atoms in total. The summed E-state index contributed by atoms with van der Waals surface area (Å²) in [6.07, 6.45) is 6.76. The molecule has 0 atom stereocenters. The van der Waals surface area contributed by atoms with Crippen molar-refractivity contribution in [2.24, 2.45) is 10.9 Å². The van der Waals surface area contributed by atoms with Crippen molar-refractivity contribution in [2.45, 2.75) is 37.6 Å². The van der Waals surface area contributed by atoms with Gasteiger partial charge in [-0.2, -0.15) is 0 Å². The molecule has 1 saturated heterocycles. The molecule has 2 N–H and O–H groups in total. The molecule has 0 radical (unpaired) electrons. The lowest BCUT2D eigenvalue weighted by molar-refractivity contribution is 0.0697. The van der Waals surface area contributed by atoms with Crippen molar-refractivity contribution in [3.63, 3.8) is 0 Å². The fraction of sp³-hybridized carbons (Fsp3) is 0.308. The highest BCUT2D eigenvalue weighted by Gasteiger charge is 2.21. The molecule has 2 aliphatic rings. The maximum absolute atomic E-state index is 11.0. The number of carboxylic acids is 1. The van der Waals surface area contributed by atoms with Crippen LogP contribution in [-0.4, -0.2) is 35.3 Å². The number of benzene rings is 2. The quantitative estimate of drug-likeness (QED) is 0.525. The molecule has 32 heavy (non-hydrogen) atoms. The highest BCUT2D eigenvalue weighted by atomic mass is 32.2. The van der Waals surface area contributed by atoms with Gasteiger partial charge in [0.2, 0.25) is 0 Å². The first kappa shape index (κ1) is 22.4. The Labute approximate surface area is 193 Å². The monoisotopic (exact) mass is 447 g/mol. The van der Waals surface area contributed by atoms with Crippen molar-refractivity contribution in [3.05, 3.63) is 82.5 Å². The van der Waals surface area contributed by atoms with Gasteiger partial charge in [0, 0.05) is 22.6 Å². The molecular formula is C26H29N3O2S. The Balaban J connectivity index is 1.31. The van der Waals surface area contributed by atoms with Crippen molar-refractivity contribution in [2.75, 3.05) is 18.4 Å². The van der Waals surface area contributed by atoms with Gasteiger partial charge >= 0.3 is 5.97 Å². The molecule has 1 fully saturated rings. The first-order chi connectivity index (χ1) is 15.5. The van der Waals surface area contributed by atoms with Crippen LogP contribution in [-0.2, 0) is 13.0 Å². The molecule has 6 heteroatoms. The van der Waals surface area contributed by atoms with Gasteiger partial charge < -0.3 is 10.4 Å². The number of aliphatic imine (C=N–C) groups is 1. The van der Waals surface area contributed by atoms with Crippen molar-refractivity contribution in [3.8, 4) is 0 Å². The minimum atomic E-state index is -0.868. The second-order valence-corrected chi connectivity index (χ2v) is 9.66. The van der Waals surface area contributed by atoms with Crippen LogP contribution in [0.3, 0.4) is 0 Å². The summed E-state index contributed by atoms with van der Waals surface area (Å²) in [5.41, 5.74) is 4.01. The second kappa shape index (κ2) is 10.2. The van der Waals surface area contributed by atoms with Crippen LogP contribution >= 0.6 is 11.8 Å². The van der Waals surface area contributed by atoms with Gasteiger partial charge in [-0.1, -0.05) is 42.6 Å². The van der Waals surface area contributed by atoms with Gasteiger partial charge in [0.1, 0.15) is 5.82 Å². The summed E-state index contributed by atoms with van der Waals surface area (Å²) < 4.78 is 0. The summed E-state index contributed by atoms with van der Waals surface area (Å²) in [5.74, 6) is 0.673. The van der Waals surface area contributed by atoms with E-state index in [0.717, 1.165) is 42.5 Å². The number of hydrogen-bond donors (Lipinski definition) is 2. The smallest absolute Gasteiger partial charge is 0.335 e. The fourth-order valence-electron chi connectivity index (χ4n) is 4.27. The minimum absolute atomic E-state index is 0.354. The first-order valence-electron chi connectivity index (χ1n) is 11.0. The average Bonchev–Trinajstić information content (AvgIpc) is 2.79. The predicted octanol–water partition coefficient (Wildman–Crippen LogP) is 5.80. The number of rotatable bonds is 7. The summed E-state index contributed by atoms with van der Waals surface area (Å²) >= 11 is 1.75. The van der Waals surface area contributed by atoms with E-state index in [1.165, 1.54) is 28.9 Å². The Bertz CT molecular complexity index is 1050. The van der Waals surface area contributed by atoms with Crippen LogP contribution in [0.4, 0.5) is 5.69 Å². The second-order valence-electron chi connectivity index (χ2n) is 8.40. The Hall–Kier alpha value is -2.83. The number of carboxylic acid groups (broad SMARTS) is 1. The molecule has 0 spiro atoms. The number of fused-ring (bicyclic) bond motifs is 1. The maximum atomic E-state index is 11.0. The topological polar surface area (TPSA) is 64.9 Å². The van der Waals surface area contributed by atoms with Crippen LogP contribution in [0.5, 0.6) is 0 Å². The van der Waals surface area contributed by atoms with E-state index >= 15 is 0 Å². The SMILES string of the molecule is C=C/C=N\C1=C(C)Sc2ccc(CN3CCC(Cc4ccc(C(=O)O)cc4)CC3)cc2N1. The van der Waals surface area contributed by atoms with Gasteiger partial charge in [-0.25, -0.2) is 9.79 Å². The molecule has 0 aliphatic carbocycles. The summed E-state index contributed by atoms with van der Waals surface area (Å²) in [7, 11) is 0. The van der Waals surface area contributed by atoms with Crippen LogP contribution in [0.2, 0.25) is 0 Å². The zero-order chi connectivity index (χ0) is 22.5. The molecule has 4 rings (SSSR count). The van der Waals surface area contributed by atoms with Gasteiger partial charge in [0.15, 0.2) is 0 Å². The van der Waals surface area contributed by atoms with E-state index in [-0.39, 0.29) is 0 Å². The summed E-state index contributed by atoms with van der Waals surface area (Å²) in [6.45, 7) is 8.91. The molecular weight excluding hydrogens is 418 g/mol. The van der Waals surface area contributed by atoms with E-state index in [1.54, 1.807) is 36.2 Å².